The van der Waals surface area contributed by atoms with Crippen LogP contribution in [0.25, 0.3) is 5.57 Å². The van der Waals surface area contributed by atoms with E-state index in [4.69, 9.17) is 4.74 Å². The first-order chi connectivity index (χ1) is 8.99. The Bertz CT molecular complexity index is 541. The van der Waals surface area contributed by atoms with Crippen molar-refractivity contribution in [1.29, 1.82) is 0 Å². The van der Waals surface area contributed by atoms with Crippen LogP contribution < -0.4 is 0 Å². The maximum atomic E-state index is 12.9. The Morgan fingerprint density at radius 3 is 2.42 bits per heavy atom. The number of hydrogen-bond donors (Lipinski definition) is 0. The summed E-state index contributed by atoms with van der Waals surface area (Å²) in [7, 11) is 0. The molecule has 0 spiro atoms. The van der Waals surface area contributed by atoms with Crippen molar-refractivity contribution in [2.24, 2.45) is 0 Å². The number of hydrogen-bond acceptors (Lipinski definition) is 3. The molecule has 100 valence electrons. The molecule has 2 rings (SSSR count). The molecule has 1 aliphatic carbocycles. The lowest BCUT2D eigenvalue weighted by Gasteiger charge is -2.10. The number of carbonyl (C=O) groups excluding carboxylic acids is 2. The summed E-state index contributed by atoms with van der Waals surface area (Å²) in [5.74, 6) is -0.927. The maximum absolute atomic E-state index is 12.9. The van der Waals surface area contributed by atoms with Gasteiger partial charge in [-0.15, -0.1) is 0 Å². The topological polar surface area (TPSA) is 43.4 Å². The van der Waals surface area contributed by atoms with Crippen LogP contribution in [0.4, 0.5) is 4.39 Å². The molecular formula is C15H15FO3. The number of esters is 1. The zero-order chi connectivity index (χ0) is 14.0. The monoisotopic (exact) mass is 262 g/mol. The molecule has 0 bridgehead atoms. The van der Waals surface area contributed by atoms with E-state index >= 15 is 0 Å². The number of allylic oxidation sites excluding steroid dienone is 1. The normalized spacial score (nSPS) is 15.3. The zero-order valence-electron chi connectivity index (χ0n) is 10.9. The van der Waals surface area contributed by atoms with Crippen LogP contribution in [0.1, 0.15) is 32.3 Å². The SMILES string of the molecule is CC(C)OC(=O)C1=C(c2ccc(F)cc2)C(=O)CC1. The summed E-state index contributed by atoms with van der Waals surface area (Å²) in [6, 6.07) is 5.58. The average molecular weight is 262 g/mol. The lowest BCUT2D eigenvalue weighted by atomic mass is 10.0. The molecule has 0 saturated heterocycles. The summed E-state index contributed by atoms with van der Waals surface area (Å²) in [6.07, 6.45) is 0.456. The Morgan fingerprint density at radius 1 is 1.21 bits per heavy atom. The second-order valence-corrected chi connectivity index (χ2v) is 4.74. The molecule has 0 heterocycles. The lowest BCUT2D eigenvalue weighted by Crippen LogP contribution is -2.13. The average Bonchev–Trinajstić information content (AvgIpc) is 2.71. The Hall–Kier alpha value is -1.97. The van der Waals surface area contributed by atoms with E-state index in [-0.39, 0.29) is 17.7 Å². The van der Waals surface area contributed by atoms with Crippen LogP contribution in [-0.4, -0.2) is 17.9 Å². The summed E-state index contributed by atoms with van der Waals surface area (Å²) in [6.45, 7) is 3.51. The highest BCUT2D eigenvalue weighted by Crippen LogP contribution is 2.32. The van der Waals surface area contributed by atoms with Gasteiger partial charge in [-0.25, -0.2) is 9.18 Å². The highest BCUT2D eigenvalue weighted by atomic mass is 19.1. The second kappa shape index (κ2) is 5.34. The minimum Gasteiger partial charge on any atom is -0.460 e. The first kappa shape index (κ1) is 13.5. The number of Topliss-reactive ketones (excluding diaryl/α,β-unsaturated/α-hetero) is 1. The molecule has 0 aliphatic heterocycles. The van der Waals surface area contributed by atoms with Crippen molar-refractivity contribution < 1.29 is 18.7 Å². The fourth-order valence-corrected chi connectivity index (χ4v) is 2.10. The zero-order valence-corrected chi connectivity index (χ0v) is 10.9. The van der Waals surface area contributed by atoms with Crippen molar-refractivity contribution in [3.63, 3.8) is 0 Å². The van der Waals surface area contributed by atoms with Crippen molar-refractivity contribution >= 4 is 17.3 Å². The summed E-state index contributed by atoms with van der Waals surface area (Å²) in [5.41, 5.74) is 1.33. The van der Waals surface area contributed by atoms with Crippen molar-refractivity contribution in [2.75, 3.05) is 0 Å². The van der Waals surface area contributed by atoms with E-state index in [1.807, 2.05) is 0 Å². The number of halogens is 1. The summed E-state index contributed by atoms with van der Waals surface area (Å²) < 4.78 is 18.0. The molecule has 1 aromatic rings. The Morgan fingerprint density at radius 2 is 1.84 bits per heavy atom. The second-order valence-electron chi connectivity index (χ2n) is 4.74. The van der Waals surface area contributed by atoms with Crippen LogP contribution in [0.5, 0.6) is 0 Å². The number of ether oxygens (including phenoxy) is 1. The minimum absolute atomic E-state index is 0.0951. The number of benzene rings is 1. The highest BCUT2D eigenvalue weighted by Gasteiger charge is 2.29. The molecule has 0 saturated carbocycles. The standard InChI is InChI=1S/C15H15FO3/c1-9(2)19-15(18)12-7-8-13(17)14(12)10-3-5-11(16)6-4-10/h3-6,9H,7-8H2,1-2H3. The van der Waals surface area contributed by atoms with Gasteiger partial charge < -0.3 is 4.74 Å². The molecule has 0 amide bonds. The molecule has 3 nitrogen and oxygen atoms in total. The molecule has 0 aromatic heterocycles. The molecule has 0 fully saturated rings. The van der Waals surface area contributed by atoms with Crippen molar-refractivity contribution in [2.45, 2.75) is 32.8 Å². The Kier molecular flexibility index (Phi) is 3.79. The third kappa shape index (κ3) is 2.89. The van der Waals surface area contributed by atoms with E-state index in [1.165, 1.54) is 24.3 Å². The molecule has 0 radical (unpaired) electrons. The van der Waals surface area contributed by atoms with Crippen LogP contribution >= 0.6 is 0 Å². The van der Waals surface area contributed by atoms with Gasteiger partial charge in [-0.3, -0.25) is 4.79 Å². The third-order valence-corrected chi connectivity index (χ3v) is 2.90. The Balaban J connectivity index is 2.39. The third-order valence-electron chi connectivity index (χ3n) is 2.90. The molecule has 1 aliphatic rings. The quantitative estimate of drug-likeness (QED) is 0.787. The number of rotatable bonds is 3. The molecular weight excluding hydrogens is 247 g/mol. The van der Waals surface area contributed by atoms with Crippen LogP contribution in [0.2, 0.25) is 0 Å². The lowest BCUT2D eigenvalue weighted by molar-refractivity contribution is -0.142. The number of carbonyl (C=O) groups is 2. The Labute approximate surface area is 111 Å². The summed E-state index contributed by atoms with van der Waals surface area (Å²) in [5, 5.41) is 0. The van der Waals surface area contributed by atoms with Crippen LogP contribution in [-0.2, 0) is 14.3 Å². The van der Waals surface area contributed by atoms with E-state index in [9.17, 15) is 14.0 Å². The van der Waals surface area contributed by atoms with Gasteiger partial charge in [0.25, 0.3) is 0 Å². The summed E-state index contributed by atoms with van der Waals surface area (Å²) in [4.78, 5) is 23.8. The van der Waals surface area contributed by atoms with E-state index in [0.717, 1.165) is 0 Å². The van der Waals surface area contributed by atoms with Gasteiger partial charge in [0.15, 0.2) is 5.78 Å². The maximum Gasteiger partial charge on any atom is 0.335 e. The van der Waals surface area contributed by atoms with E-state index in [2.05, 4.69) is 0 Å². The van der Waals surface area contributed by atoms with Crippen LogP contribution in [0.3, 0.4) is 0 Å². The van der Waals surface area contributed by atoms with Gasteiger partial charge in [-0.1, -0.05) is 12.1 Å². The minimum atomic E-state index is -0.458. The van der Waals surface area contributed by atoms with Gasteiger partial charge >= 0.3 is 5.97 Å². The van der Waals surface area contributed by atoms with Crippen LogP contribution in [0.15, 0.2) is 29.8 Å². The molecule has 0 unspecified atom stereocenters. The van der Waals surface area contributed by atoms with Crippen molar-refractivity contribution in [3.8, 4) is 0 Å². The van der Waals surface area contributed by atoms with Gasteiger partial charge in [0, 0.05) is 17.6 Å². The van der Waals surface area contributed by atoms with Gasteiger partial charge in [0.05, 0.1) is 6.10 Å². The van der Waals surface area contributed by atoms with E-state index < -0.39 is 5.97 Å². The van der Waals surface area contributed by atoms with Crippen molar-refractivity contribution in [3.05, 3.63) is 41.2 Å². The molecule has 0 atom stereocenters. The number of ketones is 1. The molecule has 1 aromatic carbocycles. The fraction of sp³-hybridized carbons (Fsp3) is 0.333. The van der Waals surface area contributed by atoms with E-state index in [0.29, 0.717) is 29.6 Å². The van der Waals surface area contributed by atoms with Gasteiger partial charge in [-0.2, -0.15) is 0 Å². The fourth-order valence-electron chi connectivity index (χ4n) is 2.10. The first-order valence-corrected chi connectivity index (χ1v) is 6.22. The van der Waals surface area contributed by atoms with Gasteiger partial charge in [-0.05, 0) is 38.0 Å². The van der Waals surface area contributed by atoms with E-state index in [1.54, 1.807) is 13.8 Å². The van der Waals surface area contributed by atoms with Crippen molar-refractivity contribution in [1.82, 2.24) is 0 Å². The highest BCUT2D eigenvalue weighted by molar-refractivity contribution is 6.28. The predicted octanol–water partition coefficient (Wildman–Crippen LogP) is 2.89. The molecule has 19 heavy (non-hydrogen) atoms. The molecule has 4 heteroatoms. The van der Waals surface area contributed by atoms with Gasteiger partial charge in [0.1, 0.15) is 5.82 Å². The first-order valence-electron chi connectivity index (χ1n) is 6.22. The predicted molar refractivity (Wildman–Crippen MR) is 68.8 cm³/mol. The molecule has 0 N–H and O–H groups in total. The smallest absolute Gasteiger partial charge is 0.335 e. The van der Waals surface area contributed by atoms with Gasteiger partial charge in [0.2, 0.25) is 0 Å². The summed E-state index contributed by atoms with van der Waals surface area (Å²) >= 11 is 0. The largest absolute Gasteiger partial charge is 0.460 e. The van der Waals surface area contributed by atoms with Crippen LogP contribution in [0, 0.1) is 5.82 Å².